The Hall–Kier alpha value is -2.89. The summed E-state index contributed by atoms with van der Waals surface area (Å²) in [5.41, 5.74) is 2.27. The highest BCUT2D eigenvalue weighted by molar-refractivity contribution is 9.10. The molecule has 0 aromatic heterocycles. The molecule has 0 aliphatic carbocycles. The van der Waals surface area contributed by atoms with Gasteiger partial charge in [0, 0.05) is 16.7 Å². The summed E-state index contributed by atoms with van der Waals surface area (Å²) in [6, 6.07) is 10.6. The van der Waals surface area contributed by atoms with Gasteiger partial charge in [0.15, 0.2) is 18.1 Å². The Labute approximate surface area is 214 Å². The smallest absolute Gasteiger partial charge is 0.305 e. The molecule has 11 heteroatoms. The number of carboxylic acids is 1. The molecule has 1 aliphatic heterocycles. The molecular weight excluding hydrogens is 544 g/mol. The number of amides is 2. The second kappa shape index (κ2) is 11.5. The minimum absolute atomic E-state index is 0.0231. The molecule has 1 aliphatic rings. The van der Waals surface area contributed by atoms with Gasteiger partial charge < -0.3 is 19.9 Å². The van der Waals surface area contributed by atoms with Crippen molar-refractivity contribution in [3.63, 3.8) is 0 Å². The van der Waals surface area contributed by atoms with Crippen LogP contribution in [0.15, 0.2) is 45.8 Å². The standard InChI is InChI=1S/C23H21BrN2O6S2/c1-13-9-15(24)4-5-16(13)25-20(27)12-32-17-6-3-14(10-18(17)31-2)11-19-22(30)26(23(33)34-19)8-7-21(28)29/h3-6,9-11H,7-8,12H2,1-2H3,(H,25,27)(H,28,29)/b19-11-. The lowest BCUT2D eigenvalue weighted by atomic mass is 10.2. The highest BCUT2D eigenvalue weighted by atomic mass is 79.9. The van der Waals surface area contributed by atoms with Crippen LogP contribution in [0.5, 0.6) is 11.5 Å². The Bertz CT molecular complexity index is 1180. The van der Waals surface area contributed by atoms with E-state index in [1.54, 1.807) is 30.3 Å². The third-order valence-electron chi connectivity index (χ3n) is 4.73. The Morgan fingerprint density at radius 1 is 1.24 bits per heavy atom. The first-order valence-corrected chi connectivity index (χ1v) is 12.0. The number of carbonyl (C=O) groups excluding carboxylic acids is 2. The zero-order valence-electron chi connectivity index (χ0n) is 18.3. The van der Waals surface area contributed by atoms with E-state index >= 15 is 0 Å². The summed E-state index contributed by atoms with van der Waals surface area (Å²) in [7, 11) is 1.47. The maximum absolute atomic E-state index is 12.6. The number of hydrogen-bond donors (Lipinski definition) is 2. The molecule has 2 amide bonds. The van der Waals surface area contributed by atoms with Crippen LogP contribution in [-0.4, -0.2) is 52.4 Å². The van der Waals surface area contributed by atoms with Crippen LogP contribution in [-0.2, 0) is 14.4 Å². The van der Waals surface area contributed by atoms with Gasteiger partial charge in [0.05, 0.1) is 18.4 Å². The second-order valence-corrected chi connectivity index (χ2v) is 9.77. The van der Waals surface area contributed by atoms with E-state index in [0.29, 0.717) is 32.0 Å². The number of thiocarbonyl (C=S) groups is 1. The van der Waals surface area contributed by atoms with Gasteiger partial charge in [0.25, 0.3) is 11.8 Å². The Morgan fingerprint density at radius 3 is 2.68 bits per heavy atom. The number of aliphatic carboxylic acids is 1. The first kappa shape index (κ1) is 25.7. The van der Waals surface area contributed by atoms with Crippen LogP contribution in [0.2, 0.25) is 0 Å². The summed E-state index contributed by atoms with van der Waals surface area (Å²) in [4.78, 5) is 37.4. The fourth-order valence-corrected chi connectivity index (χ4v) is 4.83. The van der Waals surface area contributed by atoms with Crippen molar-refractivity contribution in [2.24, 2.45) is 0 Å². The van der Waals surface area contributed by atoms with E-state index in [4.69, 9.17) is 26.8 Å². The third kappa shape index (κ3) is 6.58. The topological polar surface area (TPSA) is 105 Å². The fraction of sp³-hybridized carbons (Fsp3) is 0.217. The maximum atomic E-state index is 12.6. The number of nitrogens with one attached hydrogen (secondary N) is 1. The van der Waals surface area contributed by atoms with Crippen molar-refractivity contribution in [1.82, 2.24) is 4.90 Å². The summed E-state index contributed by atoms with van der Waals surface area (Å²) < 4.78 is 12.3. The normalized spacial score (nSPS) is 14.4. The predicted octanol–water partition coefficient (Wildman–Crippen LogP) is 4.46. The molecule has 0 bridgehead atoms. The number of carboxylic acid groups (broad SMARTS) is 1. The van der Waals surface area contributed by atoms with Crippen LogP contribution in [0.1, 0.15) is 17.5 Å². The second-order valence-electron chi connectivity index (χ2n) is 7.18. The van der Waals surface area contributed by atoms with E-state index < -0.39 is 5.97 Å². The van der Waals surface area contributed by atoms with Crippen LogP contribution >= 0.6 is 39.9 Å². The van der Waals surface area contributed by atoms with Crippen LogP contribution in [0.3, 0.4) is 0 Å². The molecule has 0 spiro atoms. The minimum atomic E-state index is -1.00. The summed E-state index contributed by atoms with van der Waals surface area (Å²) in [6.07, 6.45) is 1.46. The number of rotatable bonds is 9. The number of thioether (sulfide) groups is 1. The quantitative estimate of drug-likeness (QED) is 0.339. The number of aryl methyl sites for hydroxylation is 1. The van der Waals surface area contributed by atoms with Crippen molar-refractivity contribution < 1.29 is 29.0 Å². The number of anilines is 1. The number of methoxy groups -OCH3 is 1. The van der Waals surface area contributed by atoms with Crippen molar-refractivity contribution in [3.8, 4) is 11.5 Å². The lowest BCUT2D eigenvalue weighted by Gasteiger charge is -2.13. The molecular formula is C23H21BrN2O6S2. The molecule has 8 nitrogen and oxygen atoms in total. The summed E-state index contributed by atoms with van der Waals surface area (Å²) >= 11 is 9.70. The lowest BCUT2D eigenvalue weighted by Crippen LogP contribution is -2.30. The maximum Gasteiger partial charge on any atom is 0.305 e. The molecule has 2 aromatic rings. The first-order valence-electron chi connectivity index (χ1n) is 10.0. The average Bonchev–Trinajstić information content (AvgIpc) is 3.05. The third-order valence-corrected chi connectivity index (χ3v) is 6.60. The van der Waals surface area contributed by atoms with Crippen molar-refractivity contribution in [1.29, 1.82) is 0 Å². The zero-order valence-corrected chi connectivity index (χ0v) is 21.5. The lowest BCUT2D eigenvalue weighted by molar-refractivity contribution is -0.137. The molecule has 2 N–H and O–H groups in total. The van der Waals surface area contributed by atoms with Gasteiger partial charge in [-0.25, -0.2) is 0 Å². The van der Waals surface area contributed by atoms with Crippen molar-refractivity contribution >= 4 is 73.8 Å². The number of nitrogens with zero attached hydrogens (tertiary/aromatic N) is 1. The van der Waals surface area contributed by atoms with Gasteiger partial charge in [-0.2, -0.15) is 0 Å². The number of halogens is 1. The van der Waals surface area contributed by atoms with Crippen LogP contribution in [0.25, 0.3) is 6.08 Å². The molecule has 0 atom stereocenters. The molecule has 1 heterocycles. The predicted molar refractivity (Wildman–Crippen MR) is 138 cm³/mol. The van der Waals surface area contributed by atoms with E-state index in [1.165, 1.54) is 12.0 Å². The SMILES string of the molecule is COc1cc(/C=C2\SC(=S)N(CCC(=O)O)C2=O)ccc1OCC(=O)Nc1ccc(Br)cc1C. The van der Waals surface area contributed by atoms with Gasteiger partial charge in [0.1, 0.15) is 4.32 Å². The zero-order chi connectivity index (χ0) is 24.8. The molecule has 34 heavy (non-hydrogen) atoms. The molecule has 0 unspecified atom stereocenters. The molecule has 1 saturated heterocycles. The molecule has 0 radical (unpaired) electrons. The number of hydrogen-bond acceptors (Lipinski definition) is 7. The number of carbonyl (C=O) groups is 3. The van der Waals surface area contributed by atoms with Crippen LogP contribution in [0.4, 0.5) is 5.69 Å². The number of benzene rings is 2. The van der Waals surface area contributed by atoms with Gasteiger partial charge in [-0.3, -0.25) is 19.3 Å². The van der Waals surface area contributed by atoms with Gasteiger partial charge in [-0.1, -0.05) is 46.0 Å². The van der Waals surface area contributed by atoms with Gasteiger partial charge in [-0.05, 0) is 54.5 Å². The molecule has 3 rings (SSSR count). The number of ether oxygens (including phenoxy) is 2. The highest BCUT2D eigenvalue weighted by Crippen LogP contribution is 2.35. The molecule has 1 fully saturated rings. The van der Waals surface area contributed by atoms with Crippen molar-refractivity contribution in [2.45, 2.75) is 13.3 Å². The molecule has 178 valence electrons. The first-order chi connectivity index (χ1) is 16.2. The summed E-state index contributed by atoms with van der Waals surface area (Å²) in [5, 5.41) is 11.7. The minimum Gasteiger partial charge on any atom is -0.493 e. The van der Waals surface area contributed by atoms with Gasteiger partial charge >= 0.3 is 5.97 Å². The Kier molecular flexibility index (Phi) is 8.70. The van der Waals surface area contributed by atoms with Crippen LogP contribution in [0, 0.1) is 6.92 Å². The van der Waals surface area contributed by atoms with E-state index in [1.807, 2.05) is 19.1 Å². The fourth-order valence-electron chi connectivity index (χ4n) is 3.04. The van der Waals surface area contributed by atoms with Gasteiger partial charge in [0.2, 0.25) is 0 Å². The largest absolute Gasteiger partial charge is 0.493 e. The van der Waals surface area contributed by atoms with Crippen molar-refractivity contribution in [3.05, 3.63) is 56.9 Å². The van der Waals surface area contributed by atoms with Crippen LogP contribution < -0.4 is 14.8 Å². The average molecular weight is 565 g/mol. The highest BCUT2D eigenvalue weighted by Gasteiger charge is 2.32. The molecule has 2 aromatic carbocycles. The van der Waals surface area contributed by atoms with E-state index in [2.05, 4.69) is 21.2 Å². The Morgan fingerprint density at radius 2 is 2.00 bits per heavy atom. The van der Waals surface area contributed by atoms with Crippen molar-refractivity contribution in [2.75, 3.05) is 25.6 Å². The Balaban J connectivity index is 1.66. The summed E-state index contributed by atoms with van der Waals surface area (Å²) in [5.74, 6) is -0.893. The summed E-state index contributed by atoms with van der Waals surface area (Å²) in [6.45, 7) is 1.70. The van der Waals surface area contributed by atoms with E-state index in [0.717, 1.165) is 21.8 Å². The van der Waals surface area contributed by atoms with E-state index in [-0.39, 0.29) is 31.4 Å². The molecule has 0 saturated carbocycles. The monoisotopic (exact) mass is 564 g/mol. The van der Waals surface area contributed by atoms with Gasteiger partial charge in [-0.15, -0.1) is 0 Å². The van der Waals surface area contributed by atoms with E-state index in [9.17, 15) is 14.4 Å².